The monoisotopic (exact) mass is 423 g/mol. The predicted octanol–water partition coefficient (Wildman–Crippen LogP) is 2.98. The number of ether oxygens (including phenoxy) is 1. The van der Waals surface area contributed by atoms with Crippen LogP contribution in [0.15, 0.2) is 28.6 Å². The summed E-state index contributed by atoms with van der Waals surface area (Å²) in [6.45, 7) is 5.61. The topological polar surface area (TPSA) is 122 Å². The van der Waals surface area contributed by atoms with Crippen molar-refractivity contribution < 1.29 is 19.1 Å². The van der Waals surface area contributed by atoms with Crippen LogP contribution in [0.3, 0.4) is 0 Å². The zero-order valence-corrected chi connectivity index (χ0v) is 17.5. The van der Waals surface area contributed by atoms with Gasteiger partial charge in [-0.2, -0.15) is 0 Å². The zero-order valence-electron chi connectivity index (χ0n) is 15.9. The van der Waals surface area contributed by atoms with Crippen molar-refractivity contribution in [3.05, 3.63) is 29.8 Å². The molecule has 0 radical (unpaired) electrons. The summed E-state index contributed by atoms with van der Waals surface area (Å²) in [5.41, 5.74) is 0.607. The first kappa shape index (κ1) is 21.6. The van der Waals surface area contributed by atoms with Crippen LogP contribution in [0, 0.1) is 0 Å². The standard InChI is InChI=1S/C17H21N5O4S2/c1-17(2,3)20-14(25)19-15-21-22-16(28-15)27-9-12(23)18-11-7-5-10(6-8-11)13(24)26-4/h5-8H,9H2,1-4H3,(H,18,23)(H2,19,20,21,25). The molecule has 0 bridgehead atoms. The normalized spacial score (nSPS) is 10.9. The highest BCUT2D eigenvalue weighted by molar-refractivity contribution is 8.01. The molecule has 0 unspecified atom stereocenters. The Morgan fingerprint density at radius 2 is 1.79 bits per heavy atom. The fourth-order valence-electron chi connectivity index (χ4n) is 1.92. The first-order chi connectivity index (χ1) is 13.2. The van der Waals surface area contributed by atoms with E-state index in [1.54, 1.807) is 24.3 Å². The number of anilines is 2. The maximum atomic E-state index is 12.1. The van der Waals surface area contributed by atoms with E-state index in [1.165, 1.54) is 30.2 Å². The van der Waals surface area contributed by atoms with Gasteiger partial charge in [0.15, 0.2) is 4.34 Å². The van der Waals surface area contributed by atoms with Crippen molar-refractivity contribution in [2.45, 2.75) is 30.6 Å². The van der Waals surface area contributed by atoms with Crippen molar-refractivity contribution in [3.63, 3.8) is 0 Å². The zero-order chi connectivity index (χ0) is 20.7. The summed E-state index contributed by atoms with van der Waals surface area (Å²) in [5.74, 6) is -0.544. The second-order valence-electron chi connectivity index (χ2n) is 6.61. The minimum atomic E-state index is -0.440. The highest BCUT2D eigenvalue weighted by Crippen LogP contribution is 2.25. The molecular weight excluding hydrogens is 402 g/mol. The molecule has 0 aliphatic rings. The number of thioether (sulfide) groups is 1. The van der Waals surface area contributed by atoms with Gasteiger partial charge in [0.05, 0.1) is 18.4 Å². The van der Waals surface area contributed by atoms with E-state index in [0.717, 1.165) is 0 Å². The molecule has 28 heavy (non-hydrogen) atoms. The number of esters is 1. The Hall–Kier alpha value is -2.66. The third-order valence-electron chi connectivity index (χ3n) is 3.03. The van der Waals surface area contributed by atoms with E-state index >= 15 is 0 Å². The molecule has 0 saturated carbocycles. The number of amides is 3. The smallest absolute Gasteiger partial charge is 0.337 e. The van der Waals surface area contributed by atoms with Gasteiger partial charge in [-0.05, 0) is 45.0 Å². The number of nitrogens with one attached hydrogen (secondary N) is 3. The minimum absolute atomic E-state index is 0.127. The van der Waals surface area contributed by atoms with Crippen molar-refractivity contribution in [1.29, 1.82) is 0 Å². The first-order valence-corrected chi connectivity index (χ1v) is 10.0. The number of benzene rings is 1. The Morgan fingerprint density at radius 1 is 1.11 bits per heavy atom. The van der Waals surface area contributed by atoms with Gasteiger partial charge in [0.25, 0.3) is 0 Å². The number of hydrogen-bond donors (Lipinski definition) is 3. The third-order valence-corrected chi connectivity index (χ3v) is 5.00. The molecule has 150 valence electrons. The van der Waals surface area contributed by atoms with Gasteiger partial charge in [-0.25, -0.2) is 9.59 Å². The van der Waals surface area contributed by atoms with Gasteiger partial charge in [0, 0.05) is 11.2 Å². The average molecular weight is 424 g/mol. The van der Waals surface area contributed by atoms with Gasteiger partial charge in [-0.3, -0.25) is 10.1 Å². The maximum Gasteiger partial charge on any atom is 0.337 e. The van der Waals surface area contributed by atoms with Gasteiger partial charge < -0.3 is 15.4 Å². The van der Waals surface area contributed by atoms with Gasteiger partial charge in [0.1, 0.15) is 0 Å². The van der Waals surface area contributed by atoms with Crippen molar-refractivity contribution >= 4 is 51.8 Å². The van der Waals surface area contributed by atoms with Gasteiger partial charge in [-0.1, -0.05) is 23.1 Å². The van der Waals surface area contributed by atoms with Crippen LogP contribution < -0.4 is 16.0 Å². The maximum absolute atomic E-state index is 12.1. The van der Waals surface area contributed by atoms with E-state index in [0.29, 0.717) is 20.7 Å². The summed E-state index contributed by atoms with van der Waals surface area (Å²) in [6, 6.07) is 6.01. The van der Waals surface area contributed by atoms with Crippen LogP contribution in [0.4, 0.5) is 15.6 Å². The molecule has 1 heterocycles. The quantitative estimate of drug-likeness (QED) is 0.371. The molecule has 0 atom stereocenters. The number of urea groups is 1. The summed E-state index contributed by atoms with van der Waals surface area (Å²) >= 11 is 2.39. The number of nitrogens with zero attached hydrogens (tertiary/aromatic N) is 2. The van der Waals surface area contributed by atoms with Crippen LogP contribution in [-0.2, 0) is 9.53 Å². The molecule has 0 spiro atoms. The van der Waals surface area contributed by atoms with Crippen LogP contribution in [0.5, 0.6) is 0 Å². The largest absolute Gasteiger partial charge is 0.465 e. The Balaban J connectivity index is 1.81. The highest BCUT2D eigenvalue weighted by atomic mass is 32.2. The molecule has 3 amide bonds. The molecule has 2 aromatic rings. The predicted molar refractivity (Wildman–Crippen MR) is 109 cm³/mol. The van der Waals surface area contributed by atoms with E-state index in [4.69, 9.17) is 0 Å². The van der Waals surface area contributed by atoms with Crippen LogP contribution in [0.2, 0.25) is 0 Å². The fourth-order valence-corrected chi connectivity index (χ4v) is 3.47. The van der Waals surface area contributed by atoms with E-state index < -0.39 is 5.97 Å². The number of carbonyl (C=O) groups excluding carboxylic acids is 3. The van der Waals surface area contributed by atoms with E-state index in [1.807, 2.05) is 20.8 Å². The van der Waals surface area contributed by atoms with Crippen LogP contribution in [-0.4, -0.2) is 46.5 Å². The Labute approximate surface area is 170 Å². The van der Waals surface area contributed by atoms with Crippen molar-refractivity contribution in [2.75, 3.05) is 23.5 Å². The third kappa shape index (κ3) is 7.16. The van der Waals surface area contributed by atoms with Crippen LogP contribution in [0.25, 0.3) is 0 Å². The molecule has 11 heteroatoms. The lowest BCUT2D eigenvalue weighted by molar-refractivity contribution is -0.113. The molecule has 3 N–H and O–H groups in total. The van der Waals surface area contributed by atoms with Crippen molar-refractivity contribution in [3.8, 4) is 0 Å². The first-order valence-electron chi connectivity index (χ1n) is 8.20. The minimum Gasteiger partial charge on any atom is -0.465 e. The fraction of sp³-hybridized carbons (Fsp3) is 0.353. The van der Waals surface area contributed by atoms with E-state index in [-0.39, 0.29) is 23.2 Å². The van der Waals surface area contributed by atoms with Gasteiger partial charge in [0.2, 0.25) is 11.0 Å². The summed E-state index contributed by atoms with van der Waals surface area (Å²) in [5, 5.41) is 16.3. The number of carbonyl (C=O) groups is 3. The van der Waals surface area contributed by atoms with Gasteiger partial charge in [-0.15, -0.1) is 10.2 Å². The molecule has 1 aromatic heterocycles. The molecule has 2 rings (SSSR count). The molecular formula is C17H21N5O4S2. The average Bonchev–Trinajstić information content (AvgIpc) is 3.05. The molecule has 0 aliphatic heterocycles. The van der Waals surface area contributed by atoms with Gasteiger partial charge >= 0.3 is 12.0 Å². The van der Waals surface area contributed by atoms with Crippen LogP contribution >= 0.6 is 23.1 Å². The van der Waals surface area contributed by atoms with Crippen molar-refractivity contribution in [1.82, 2.24) is 15.5 Å². The lowest BCUT2D eigenvalue weighted by Crippen LogP contribution is -2.43. The Morgan fingerprint density at radius 3 is 2.39 bits per heavy atom. The number of aromatic nitrogens is 2. The van der Waals surface area contributed by atoms with Crippen LogP contribution in [0.1, 0.15) is 31.1 Å². The number of rotatable bonds is 6. The van der Waals surface area contributed by atoms with E-state index in [9.17, 15) is 14.4 Å². The van der Waals surface area contributed by atoms with Crippen molar-refractivity contribution in [2.24, 2.45) is 0 Å². The number of methoxy groups -OCH3 is 1. The summed E-state index contributed by atoms with van der Waals surface area (Å²) in [7, 11) is 1.31. The summed E-state index contributed by atoms with van der Waals surface area (Å²) in [4.78, 5) is 35.3. The highest BCUT2D eigenvalue weighted by Gasteiger charge is 2.16. The molecule has 1 aromatic carbocycles. The Kier molecular flexibility index (Phi) is 7.35. The second kappa shape index (κ2) is 9.51. The lowest BCUT2D eigenvalue weighted by atomic mass is 10.1. The molecule has 0 aliphatic carbocycles. The summed E-state index contributed by atoms with van der Waals surface area (Å²) in [6.07, 6.45) is 0. The Bertz CT molecular complexity index is 846. The summed E-state index contributed by atoms with van der Waals surface area (Å²) < 4.78 is 5.18. The lowest BCUT2D eigenvalue weighted by Gasteiger charge is -2.19. The molecule has 9 nitrogen and oxygen atoms in total. The van der Waals surface area contributed by atoms with E-state index in [2.05, 4.69) is 30.9 Å². The molecule has 0 saturated heterocycles. The molecule has 0 fully saturated rings. The SMILES string of the molecule is COC(=O)c1ccc(NC(=O)CSc2nnc(NC(=O)NC(C)(C)C)s2)cc1. The second-order valence-corrected chi connectivity index (χ2v) is 8.81. The number of hydrogen-bond acceptors (Lipinski definition) is 8.